The predicted octanol–water partition coefficient (Wildman–Crippen LogP) is 2.36. The molecule has 3 unspecified atom stereocenters. The van der Waals surface area contributed by atoms with Crippen LogP contribution in [0.25, 0.3) is 0 Å². The summed E-state index contributed by atoms with van der Waals surface area (Å²) in [7, 11) is 0. The van der Waals surface area contributed by atoms with Gasteiger partial charge in [-0.1, -0.05) is 36.8 Å². The van der Waals surface area contributed by atoms with Gasteiger partial charge in [-0.15, -0.1) is 0 Å². The summed E-state index contributed by atoms with van der Waals surface area (Å²) in [5.74, 6) is 0.721. The van der Waals surface area contributed by atoms with Crippen molar-refractivity contribution < 1.29 is 9.47 Å². The van der Waals surface area contributed by atoms with Gasteiger partial charge in [0, 0.05) is 12.6 Å². The summed E-state index contributed by atoms with van der Waals surface area (Å²) in [6.45, 7) is 3.18. The molecule has 0 bridgehead atoms. The van der Waals surface area contributed by atoms with Gasteiger partial charge >= 0.3 is 0 Å². The lowest BCUT2D eigenvalue weighted by Gasteiger charge is -2.16. The fourth-order valence-corrected chi connectivity index (χ4v) is 3.10. The van der Waals surface area contributed by atoms with Crippen molar-refractivity contribution in [3.05, 3.63) is 35.9 Å². The van der Waals surface area contributed by atoms with Crippen LogP contribution < -0.4 is 5.32 Å². The lowest BCUT2D eigenvalue weighted by atomic mass is 10.1. The van der Waals surface area contributed by atoms with Gasteiger partial charge in [0.25, 0.3) is 0 Å². The minimum absolute atomic E-state index is 0.203. The van der Waals surface area contributed by atoms with E-state index in [2.05, 4.69) is 17.4 Å². The van der Waals surface area contributed by atoms with Crippen molar-refractivity contribution in [3.8, 4) is 0 Å². The Kier molecular flexibility index (Phi) is 4.49. The first-order chi connectivity index (χ1) is 9.42. The molecule has 3 nitrogen and oxygen atoms in total. The maximum atomic E-state index is 5.97. The van der Waals surface area contributed by atoms with Gasteiger partial charge in [0.1, 0.15) is 0 Å². The zero-order chi connectivity index (χ0) is 12.9. The third-order valence-corrected chi connectivity index (χ3v) is 4.23. The molecule has 2 fully saturated rings. The first kappa shape index (κ1) is 13.1. The Balaban J connectivity index is 1.41. The zero-order valence-corrected chi connectivity index (χ0v) is 11.4. The molecule has 0 aromatic heterocycles. The molecule has 1 heterocycles. The van der Waals surface area contributed by atoms with Gasteiger partial charge in [0.05, 0.1) is 25.9 Å². The molecule has 1 aromatic rings. The van der Waals surface area contributed by atoms with Crippen LogP contribution in [0.15, 0.2) is 30.3 Å². The fourth-order valence-electron chi connectivity index (χ4n) is 3.10. The van der Waals surface area contributed by atoms with Gasteiger partial charge in [0.15, 0.2) is 0 Å². The number of benzene rings is 1. The predicted molar refractivity (Wildman–Crippen MR) is 75.0 cm³/mol. The molecule has 1 saturated carbocycles. The first-order valence-corrected chi connectivity index (χ1v) is 7.38. The minimum Gasteiger partial charge on any atom is -0.374 e. The molecule has 3 rings (SSSR count). The van der Waals surface area contributed by atoms with Crippen molar-refractivity contribution in [2.75, 3.05) is 19.8 Å². The second-order valence-corrected chi connectivity index (χ2v) is 5.66. The highest BCUT2D eigenvalue weighted by Gasteiger charge is 2.31. The molecule has 19 heavy (non-hydrogen) atoms. The summed E-state index contributed by atoms with van der Waals surface area (Å²) in [6.07, 6.45) is 4.18. The number of rotatable bonds is 4. The van der Waals surface area contributed by atoms with Crippen LogP contribution in [0.3, 0.4) is 0 Å². The monoisotopic (exact) mass is 261 g/mol. The topological polar surface area (TPSA) is 30.5 Å². The molecule has 2 aliphatic rings. The molecule has 1 saturated heterocycles. The molecule has 3 heteroatoms. The third-order valence-electron chi connectivity index (χ3n) is 4.23. The van der Waals surface area contributed by atoms with Crippen molar-refractivity contribution in [3.63, 3.8) is 0 Å². The summed E-state index contributed by atoms with van der Waals surface area (Å²) >= 11 is 0. The Morgan fingerprint density at radius 1 is 1.21 bits per heavy atom. The standard InChI is InChI=1S/C16H23NO2/c1-2-5-13(6-3-1)10-18-12-15-9-17-16-8-4-7-14(16)11-19-15/h1-3,5-6,14-17H,4,7-12H2. The van der Waals surface area contributed by atoms with Crippen LogP contribution in [0.4, 0.5) is 0 Å². The van der Waals surface area contributed by atoms with E-state index < -0.39 is 0 Å². The maximum absolute atomic E-state index is 5.97. The molecule has 0 spiro atoms. The molecular weight excluding hydrogens is 238 g/mol. The summed E-state index contributed by atoms with van der Waals surface area (Å²) < 4.78 is 11.7. The number of nitrogens with one attached hydrogen (secondary N) is 1. The van der Waals surface area contributed by atoms with Crippen LogP contribution in [0.1, 0.15) is 24.8 Å². The van der Waals surface area contributed by atoms with E-state index in [0.717, 1.165) is 19.1 Å². The van der Waals surface area contributed by atoms with Crippen molar-refractivity contribution >= 4 is 0 Å². The lowest BCUT2D eigenvalue weighted by molar-refractivity contribution is -0.0211. The van der Waals surface area contributed by atoms with E-state index >= 15 is 0 Å². The average molecular weight is 261 g/mol. The molecule has 1 aliphatic carbocycles. The first-order valence-electron chi connectivity index (χ1n) is 7.38. The highest BCUT2D eigenvalue weighted by atomic mass is 16.5. The van der Waals surface area contributed by atoms with Crippen LogP contribution in [0, 0.1) is 5.92 Å². The van der Waals surface area contributed by atoms with Gasteiger partial charge in [0.2, 0.25) is 0 Å². The molecule has 1 aliphatic heterocycles. The summed E-state index contributed by atoms with van der Waals surface area (Å²) in [5.41, 5.74) is 1.22. The summed E-state index contributed by atoms with van der Waals surface area (Å²) in [6, 6.07) is 11.0. The van der Waals surface area contributed by atoms with Gasteiger partial charge < -0.3 is 14.8 Å². The highest BCUT2D eigenvalue weighted by Crippen LogP contribution is 2.27. The Morgan fingerprint density at radius 3 is 3.00 bits per heavy atom. The number of hydrogen-bond acceptors (Lipinski definition) is 3. The van der Waals surface area contributed by atoms with Crippen LogP contribution in [-0.4, -0.2) is 31.9 Å². The molecular formula is C16H23NO2. The van der Waals surface area contributed by atoms with Crippen molar-refractivity contribution in [1.29, 1.82) is 0 Å². The van der Waals surface area contributed by atoms with Crippen LogP contribution >= 0.6 is 0 Å². The molecule has 0 amide bonds. The van der Waals surface area contributed by atoms with Gasteiger partial charge in [-0.25, -0.2) is 0 Å². The van der Waals surface area contributed by atoms with Crippen LogP contribution in [0.2, 0.25) is 0 Å². The van der Waals surface area contributed by atoms with Crippen molar-refractivity contribution in [1.82, 2.24) is 5.32 Å². The van der Waals surface area contributed by atoms with Crippen LogP contribution in [0.5, 0.6) is 0 Å². The Bertz CT molecular complexity index is 368. The third kappa shape index (κ3) is 3.56. The van der Waals surface area contributed by atoms with E-state index in [4.69, 9.17) is 9.47 Å². The van der Waals surface area contributed by atoms with E-state index in [1.807, 2.05) is 18.2 Å². The second kappa shape index (κ2) is 6.51. The van der Waals surface area contributed by atoms with Gasteiger partial charge in [-0.05, 0) is 24.3 Å². The van der Waals surface area contributed by atoms with E-state index in [9.17, 15) is 0 Å². The number of ether oxygens (including phenoxy) is 2. The molecule has 1 aromatic carbocycles. The lowest BCUT2D eigenvalue weighted by Crippen LogP contribution is -2.35. The largest absolute Gasteiger partial charge is 0.374 e. The zero-order valence-electron chi connectivity index (χ0n) is 11.4. The maximum Gasteiger partial charge on any atom is 0.0932 e. The van der Waals surface area contributed by atoms with Crippen molar-refractivity contribution in [2.45, 2.75) is 38.0 Å². The van der Waals surface area contributed by atoms with E-state index in [-0.39, 0.29) is 6.10 Å². The van der Waals surface area contributed by atoms with E-state index in [0.29, 0.717) is 19.3 Å². The SMILES string of the molecule is c1ccc(COCC2CNC3CCCC3CO2)cc1. The minimum atomic E-state index is 0.203. The molecule has 0 radical (unpaired) electrons. The highest BCUT2D eigenvalue weighted by molar-refractivity contribution is 5.13. The van der Waals surface area contributed by atoms with Crippen LogP contribution in [-0.2, 0) is 16.1 Å². The normalized spacial score (nSPS) is 30.8. The molecule has 104 valence electrons. The average Bonchev–Trinajstić information content (AvgIpc) is 2.82. The Labute approximate surface area is 115 Å². The Hall–Kier alpha value is -0.900. The Morgan fingerprint density at radius 2 is 2.11 bits per heavy atom. The van der Waals surface area contributed by atoms with Gasteiger partial charge in [-0.3, -0.25) is 0 Å². The summed E-state index contributed by atoms with van der Waals surface area (Å²) in [5, 5.41) is 3.64. The van der Waals surface area contributed by atoms with E-state index in [1.165, 1.54) is 24.8 Å². The van der Waals surface area contributed by atoms with Gasteiger partial charge in [-0.2, -0.15) is 0 Å². The van der Waals surface area contributed by atoms with E-state index in [1.54, 1.807) is 0 Å². The molecule has 3 atom stereocenters. The quantitative estimate of drug-likeness (QED) is 0.902. The fraction of sp³-hybridized carbons (Fsp3) is 0.625. The number of hydrogen-bond donors (Lipinski definition) is 1. The molecule has 1 N–H and O–H groups in total. The second-order valence-electron chi connectivity index (χ2n) is 5.66. The summed E-state index contributed by atoms with van der Waals surface area (Å²) in [4.78, 5) is 0. The van der Waals surface area contributed by atoms with Crippen molar-refractivity contribution in [2.24, 2.45) is 5.92 Å². The number of fused-ring (bicyclic) bond motifs is 1. The smallest absolute Gasteiger partial charge is 0.0932 e.